The molecule has 294 valence electrons. The predicted octanol–water partition coefficient (Wildman–Crippen LogP) is 2.99. The Kier molecular flexibility index (Phi) is 10.9. The molecule has 0 aromatic heterocycles. The van der Waals surface area contributed by atoms with Gasteiger partial charge in [-0.15, -0.1) is 0 Å². The number of halogens is 1. The Bertz CT molecular complexity index is 2010. The summed E-state index contributed by atoms with van der Waals surface area (Å²) in [5.41, 5.74) is 0.155. The van der Waals surface area contributed by atoms with E-state index in [-0.39, 0.29) is 45.3 Å². The monoisotopic (exact) mass is 779 g/mol. The van der Waals surface area contributed by atoms with Crippen molar-refractivity contribution in [2.45, 2.75) is 106 Å². The largest absolute Gasteiger partial charge is 0.497 e. The average molecular weight is 780 g/mol. The van der Waals surface area contributed by atoms with Crippen LogP contribution in [0, 0.1) is 11.7 Å². The molecule has 3 N–H and O–H groups in total. The molecule has 2 aliphatic carbocycles. The maximum atomic E-state index is 14.5. The van der Waals surface area contributed by atoms with Gasteiger partial charge in [0.15, 0.2) is 0 Å². The van der Waals surface area contributed by atoms with Gasteiger partial charge in [0.2, 0.25) is 27.7 Å². The molecule has 16 heteroatoms. The van der Waals surface area contributed by atoms with E-state index in [0.29, 0.717) is 48.1 Å². The van der Waals surface area contributed by atoms with Gasteiger partial charge in [0, 0.05) is 24.4 Å². The van der Waals surface area contributed by atoms with Gasteiger partial charge < -0.3 is 25.0 Å². The summed E-state index contributed by atoms with van der Waals surface area (Å²) < 4.78 is 53.4. The number of carbonyl (C=O) groups excluding carboxylic acids is 5. The van der Waals surface area contributed by atoms with Crippen LogP contribution in [0.15, 0.2) is 54.6 Å². The van der Waals surface area contributed by atoms with E-state index in [1.807, 2.05) is 12.2 Å². The molecule has 2 aromatic rings. The van der Waals surface area contributed by atoms with E-state index in [2.05, 4.69) is 15.4 Å². The Balaban J connectivity index is 1.13. The number of methoxy groups -OCH3 is 1. The van der Waals surface area contributed by atoms with Gasteiger partial charge in [0.25, 0.3) is 5.91 Å². The van der Waals surface area contributed by atoms with Crippen molar-refractivity contribution < 1.29 is 46.3 Å². The summed E-state index contributed by atoms with van der Waals surface area (Å²) in [6.45, 7) is -0.0562. The number of amides is 5. The van der Waals surface area contributed by atoms with Crippen LogP contribution in [0.3, 0.4) is 0 Å². The third-order valence-electron chi connectivity index (χ3n) is 11.1. The fourth-order valence-corrected chi connectivity index (χ4v) is 9.15. The van der Waals surface area contributed by atoms with Crippen molar-refractivity contribution in [1.82, 2.24) is 25.2 Å². The van der Waals surface area contributed by atoms with Crippen LogP contribution < -0.4 is 20.1 Å². The molecular weight excluding hydrogens is 734 g/mol. The Morgan fingerprint density at radius 1 is 1.04 bits per heavy atom. The molecule has 1 saturated heterocycles. The van der Waals surface area contributed by atoms with Crippen molar-refractivity contribution in [1.29, 1.82) is 0 Å². The normalized spacial score (nSPS) is 27.3. The van der Waals surface area contributed by atoms with Crippen LogP contribution in [0.1, 0.15) is 74.5 Å². The van der Waals surface area contributed by atoms with Gasteiger partial charge in [-0.2, -0.15) is 0 Å². The molecular formula is C39H46FN5O9S. The molecule has 2 saturated carbocycles. The summed E-state index contributed by atoms with van der Waals surface area (Å²) in [6.07, 6.45) is 5.97. The van der Waals surface area contributed by atoms with E-state index in [1.54, 1.807) is 36.4 Å². The fraction of sp³-hybridized carbons (Fsp3) is 0.513. The lowest BCUT2D eigenvalue weighted by Crippen LogP contribution is -2.58. The molecule has 5 atom stereocenters. The number of rotatable bonds is 8. The number of nitrogens with zero attached hydrogens (tertiary/aromatic N) is 2. The third kappa shape index (κ3) is 8.48. The molecule has 0 radical (unpaired) electrons. The minimum absolute atomic E-state index is 0.00217. The van der Waals surface area contributed by atoms with Gasteiger partial charge in [-0.05, 0) is 67.9 Å². The smallest absolute Gasteiger partial charge is 0.410 e. The lowest BCUT2D eigenvalue weighted by molar-refractivity contribution is -0.142. The van der Waals surface area contributed by atoms with Crippen LogP contribution in [-0.4, -0.2) is 90.6 Å². The van der Waals surface area contributed by atoms with Crippen LogP contribution in [-0.2, 0) is 53.4 Å². The first-order chi connectivity index (χ1) is 26.4. The molecule has 0 unspecified atom stereocenters. The summed E-state index contributed by atoms with van der Waals surface area (Å²) in [6, 6.07) is 9.38. The number of allylic oxidation sites excluding steroid dienone is 1. The first kappa shape index (κ1) is 38.3. The zero-order chi connectivity index (χ0) is 38.9. The van der Waals surface area contributed by atoms with Gasteiger partial charge >= 0.3 is 6.09 Å². The van der Waals surface area contributed by atoms with Crippen LogP contribution >= 0.6 is 0 Å². The van der Waals surface area contributed by atoms with E-state index in [9.17, 15) is 36.8 Å². The zero-order valence-electron chi connectivity index (χ0n) is 30.6. The number of hydrogen-bond donors (Lipinski definition) is 3. The molecule has 5 aliphatic rings. The van der Waals surface area contributed by atoms with Crippen LogP contribution in [0.4, 0.5) is 9.18 Å². The number of carbonyl (C=O) groups is 5. The van der Waals surface area contributed by atoms with Crippen molar-refractivity contribution in [3.05, 3.63) is 77.1 Å². The first-order valence-electron chi connectivity index (χ1n) is 18.9. The minimum atomic E-state index is -3.93. The number of ether oxygens (including phenoxy) is 2. The highest BCUT2D eigenvalue weighted by atomic mass is 32.2. The Morgan fingerprint density at radius 3 is 2.60 bits per heavy atom. The van der Waals surface area contributed by atoms with E-state index < -0.39 is 80.5 Å². The second-order valence-electron chi connectivity index (χ2n) is 15.1. The van der Waals surface area contributed by atoms with Gasteiger partial charge in [0.05, 0.1) is 31.9 Å². The summed E-state index contributed by atoms with van der Waals surface area (Å²) >= 11 is 0. The predicted molar refractivity (Wildman–Crippen MR) is 196 cm³/mol. The topological polar surface area (TPSA) is 181 Å². The number of benzene rings is 2. The molecule has 3 heterocycles. The minimum Gasteiger partial charge on any atom is -0.497 e. The van der Waals surface area contributed by atoms with E-state index >= 15 is 0 Å². The van der Waals surface area contributed by atoms with Crippen molar-refractivity contribution in [2.75, 3.05) is 13.7 Å². The number of sulfonamides is 1. The summed E-state index contributed by atoms with van der Waals surface area (Å²) in [7, 11) is -2.40. The Hall–Kier alpha value is -4.99. The molecule has 55 heavy (non-hydrogen) atoms. The van der Waals surface area contributed by atoms with Crippen molar-refractivity contribution in [3.63, 3.8) is 0 Å². The van der Waals surface area contributed by atoms with Crippen LogP contribution in [0.25, 0.3) is 0 Å². The van der Waals surface area contributed by atoms with Crippen molar-refractivity contribution >= 4 is 39.7 Å². The Labute approximate surface area is 319 Å². The molecule has 5 amide bonds. The maximum absolute atomic E-state index is 14.5. The maximum Gasteiger partial charge on any atom is 0.410 e. The lowest BCUT2D eigenvalue weighted by Gasteiger charge is -2.30. The second kappa shape index (κ2) is 15.6. The summed E-state index contributed by atoms with van der Waals surface area (Å²) in [5, 5.41) is 5.02. The van der Waals surface area contributed by atoms with E-state index in [1.165, 1.54) is 23.0 Å². The number of fused-ring (bicyclic) bond motifs is 3. The van der Waals surface area contributed by atoms with Gasteiger partial charge in [0.1, 0.15) is 35.3 Å². The van der Waals surface area contributed by atoms with E-state index in [0.717, 1.165) is 12.8 Å². The number of nitrogens with one attached hydrogen (secondary N) is 3. The average Bonchev–Trinajstić information content (AvgIpc) is 4.04. The number of hydrogen-bond acceptors (Lipinski definition) is 9. The Morgan fingerprint density at radius 2 is 1.84 bits per heavy atom. The molecule has 7 rings (SSSR count). The second-order valence-corrected chi connectivity index (χ2v) is 17.1. The van der Waals surface area contributed by atoms with E-state index in [4.69, 9.17) is 9.47 Å². The lowest BCUT2D eigenvalue weighted by atomic mass is 10.0. The zero-order valence-corrected chi connectivity index (χ0v) is 31.4. The standard InChI is InChI=1S/C39H46FN5O9S/c1-53-27-12-7-9-24(17-27)18-34(46)41-32-14-6-4-2-3-5-11-26-20-39(26,37(49)43-55(51,52)29-15-16-29)42-35(47)33-19-28(22-45(33)36(32)48)54-38(50)44-21-25-10-8-13-31(40)30(25)23-44/h5,7-13,17,26,28-29,32-33H,2-4,6,14-16,18-23H2,1H3,(H,41,46)(H,42,47)(H,43,49)/b11-5+/t26-,28-,32+,33+,39-/m1/s1. The van der Waals surface area contributed by atoms with Gasteiger partial charge in [-0.25, -0.2) is 17.6 Å². The van der Waals surface area contributed by atoms with Crippen LogP contribution in [0.5, 0.6) is 5.75 Å². The highest BCUT2D eigenvalue weighted by molar-refractivity contribution is 7.91. The van der Waals surface area contributed by atoms with Crippen LogP contribution in [0.2, 0.25) is 0 Å². The highest BCUT2D eigenvalue weighted by Crippen LogP contribution is 2.46. The van der Waals surface area contributed by atoms with Gasteiger partial charge in [-0.1, -0.05) is 49.3 Å². The van der Waals surface area contributed by atoms with Gasteiger partial charge in [-0.3, -0.25) is 28.8 Å². The molecule has 0 bridgehead atoms. The third-order valence-corrected chi connectivity index (χ3v) is 12.9. The summed E-state index contributed by atoms with van der Waals surface area (Å²) in [4.78, 5) is 71.9. The highest BCUT2D eigenvalue weighted by Gasteiger charge is 2.62. The van der Waals surface area contributed by atoms with Crippen molar-refractivity contribution in [3.8, 4) is 5.75 Å². The first-order valence-corrected chi connectivity index (χ1v) is 20.4. The molecule has 2 aromatic carbocycles. The summed E-state index contributed by atoms with van der Waals surface area (Å²) in [5.74, 6) is -2.85. The molecule has 3 aliphatic heterocycles. The molecule has 0 spiro atoms. The quantitative estimate of drug-likeness (QED) is 0.340. The molecule has 14 nitrogen and oxygen atoms in total. The fourth-order valence-electron chi connectivity index (χ4n) is 7.79. The molecule has 3 fully saturated rings. The van der Waals surface area contributed by atoms with Crippen molar-refractivity contribution in [2.24, 2.45) is 5.92 Å². The SMILES string of the molecule is COc1cccc(CC(=O)N[C@H]2CCCCC/C=C/[C@@H]3C[C@@]3(C(=O)NS(=O)(=O)C3CC3)NC(=O)[C@@H]3C[C@@H](OC(=O)N4Cc5cccc(F)c5C4)CN3C2=O)c1.